The second kappa shape index (κ2) is 8.84. The van der Waals surface area contributed by atoms with Gasteiger partial charge in [0, 0.05) is 25.9 Å². The Labute approximate surface area is 104 Å². The van der Waals surface area contributed by atoms with E-state index >= 15 is 0 Å². The molecule has 100 valence electrons. The number of amidine groups is 1. The first-order valence-corrected chi connectivity index (χ1v) is 6.28. The SMILES string of the molecule is CCCC(CCC)C(=O)N(C)CCC(N)=NO. The van der Waals surface area contributed by atoms with Crippen molar-refractivity contribution in [3.05, 3.63) is 0 Å². The lowest BCUT2D eigenvalue weighted by Crippen LogP contribution is -2.35. The van der Waals surface area contributed by atoms with Gasteiger partial charge in [0.25, 0.3) is 0 Å². The maximum atomic E-state index is 12.1. The molecule has 0 saturated carbocycles. The van der Waals surface area contributed by atoms with Gasteiger partial charge in [0.05, 0.1) is 0 Å². The Kier molecular flexibility index (Phi) is 8.19. The van der Waals surface area contributed by atoms with Crippen molar-refractivity contribution in [1.29, 1.82) is 0 Å². The van der Waals surface area contributed by atoms with E-state index in [0.29, 0.717) is 13.0 Å². The number of hydrogen-bond donors (Lipinski definition) is 2. The molecular formula is C12H25N3O2. The molecule has 0 aromatic heterocycles. The summed E-state index contributed by atoms with van der Waals surface area (Å²) in [5.74, 6) is 0.439. The van der Waals surface area contributed by atoms with Crippen LogP contribution in [0.25, 0.3) is 0 Å². The number of oxime groups is 1. The van der Waals surface area contributed by atoms with Crippen molar-refractivity contribution in [3.8, 4) is 0 Å². The van der Waals surface area contributed by atoms with Crippen molar-refractivity contribution < 1.29 is 10.0 Å². The van der Waals surface area contributed by atoms with Crippen LogP contribution in [0.15, 0.2) is 5.16 Å². The molecule has 0 spiro atoms. The van der Waals surface area contributed by atoms with Crippen LogP contribution in [0, 0.1) is 5.92 Å². The molecule has 0 aromatic carbocycles. The van der Waals surface area contributed by atoms with Crippen LogP contribution >= 0.6 is 0 Å². The Morgan fingerprint density at radius 1 is 1.35 bits per heavy atom. The molecule has 5 nitrogen and oxygen atoms in total. The smallest absolute Gasteiger partial charge is 0.225 e. The summed E-state index contributed by atoms with van der Waals surface area (Å²) in [6.45, 7) is 4.68. The Morgan fingerprint density at radius 3 is 2.29 bits per heavy atom. The quantitative estimate of drug-likeness (QED) is 0.295. The average Bonchev–Trinajstić information content (AvgIpc) is 2.34. The summed E-state index contributed by atoms with van der Waals surface area (Å²) in [6, 6.07) is 0. The summed E-state index contributed by atoms with van der Waals surface area (Å²) >= 11 is 0. The van der Waals surface area contributed by atoms with Gasteiger partial charge in [0.2, 0.25) is 5.91 Å². The summed E-state index contributed by atoms with van der Waals surface area (Å²) in [6.07, 6.45) is 4.31. The predicted molar refractivity (Wildman–Crippen MR) is 69.0 cm³/mol. The third kappa shape index (κ3) is 6.14. The maximum absolute atomic E-state index is 12.1. The van der Waals surface area contributed by atoms with Gasteiger partial charge in [-0.1, -0.05) is 31.8 Å². The molecule has 3 N–H and O–H groups in total. The maximum Gasteiger partial charge on any atom is 0.225 e. The van der Waals surface area contributed by atoms with Gasteiger partial charge < -0.3 is 15.8 Å². The van der Waals surface area contributed by atoms with Crippen molar-refractivity contribution >= 4 is 11.7 Å². The molecule has 0 unspecified atom stereocenters. The van der Waals surface area contributed by atoms with Crippen LogP contribution in [0.3, 0.4) is 0 Å². The van der Waals surface area contributed by atoms with Crippen molar-refractivity contribution in [1.82, 2.24) is 4.90 Å². The van der Waals surface area contributed by atoms with Crippen molar-refractivity contribution in [3.63, 3.8) is 0 Å². The lowest BCUT2D eigenvalue weighted by atomic mass is 9.97. The first-order valence-electron chi connectivity index (χ1n) is 6.28. The average molecular weight is 243 g/mol. The largest absolute Gasteiger partial charge is 0.409 e. The number of amides is 1. The molecule has 0 rings (SSSR count). The van der Waals surface area contributed by atoms with Crippen molar-refractivity contribution in [2.24, 2.45) is 16.8 Å². The molecule has 0 heterocycles. The summed E-state index contributed by atoms with van der Waals surface area (Å²) in [5.41, 5.74) is 5.38. The molecule has 0 bridgehead atoms. The number of carbonyl (C=O) groups is 1. The van der Waals surface area contributed by atoms with E-state index in [9.17, 15) is 4.79 Å². The molecule has 0 aliphatic carbocycles. The number of hydrogen-bond acceptors (Lipinski definition) is 3. The van der Waals surface area contributed by atoms with Gasteiger partial charge >= 0.3 is 0 Å². The minimum Gasteiger partial charge on any atom is -0.409 e. The van der Waals surface area contributed by atoms with Crippen LogP contribution in [-0.2, 0) is 4.79 Å². The van der Waals surface area contributed by atoms with E-state index in [0.717, 1.165) is 25.7 Å². The second-order valence-electron chi connectivity index (χ2n) is 4.38. The Balaban J connectivity index is 4.24. The summed E-state index contributed by atoms with van der Waals surface area (Å²) < 4.78 is 0. The van der Waals surface area contributed by atoms with Gasteiger partial charge in [0.15, 0.2) is 0 Å². The van der Waals surface area contributed by atoms with Crippen LogP contribution in [0.2, 0.25) is 0 Å². The highest BCUT2D eigenvalue weighted by molar-refractivity contribution is 5.82. The summed E-state index contributed by atoms with van der Waals surface area (Å²) in [4.78, 5) is 13.8. The van der Waals surface area contributed by atoms with Gasteiger partial charge in [0.1, 0.15) is 5.84 Å². The van der Waals surface area contributed by atoms with Crippen LogP contribution in [0.1, 0.15) is 46.0 Å². The van der Waals surface area contributed by atoms with E-state index in [1.807, 2.05) is 0 Å². The van der Waals surface area contributed by atoms with E-state index in [2.05, 4.69) is 19.0 Å². The van der Waals surface area contributed by atoms with Crippen LogP contribution in [-0.4, -0.2) is 35.4 Å². The zero-order chi connectivity index (χ0) is 13.3. The van der Waals surface area contributed by atoms with Crippen LogP contribution in [0.5, 0.6) is 0 Å². The molecule has 0 aromatic rings. The number of nitrogens with zero attached hydrogens (tertiary/aromatic N) is 2. The van der Waals surface area contributed by atoms with Gasteiger partial charge in [-0.05, 0) is 12.8 Å². The molecule has 17 heavy (non-hydrogen) atoms. The summed E-state index contributed by atoms with van der Waals surface area (Å²) in [5, 5.41) is 11.3. The molecule has 0 aliphatic heterocycles. The first kappa shape index (κ1) is 15.7. The third-order valence-corrected chi connectivity index (χ3v) is 2.83. The molecule has 0 radical (unpaired) electrons. The lowest BCUT2D eigenvalue weighted by Gasteiger charge is -2.23. The number of carbonyl (C=O) groups excluding carboxylic acids is 1. The topological polar surface area (TPSA) is 78.9 Å². The Bertz CT molecular complexity index is 248. The normalized spacial score (nSPS) is 11.9. The predicted octanol–water partition coefficient (Wildman–Crippen LogP) is 1.80. The summed E-state index contributed by atoms with van der Waals surface area (Å²) in [7, 11) is 1.77. The molecule has 0 saturated heterocycles. The Hall–Kier alpha value is -1.26. The van der Waals surface area contributed by atoms with Crippen molar-refractivity contribution in [2.75, 3.05) is 13.6 Å². The fourth-order valence-corrected chi connectivity index (χ4v) is 1.84. The van der Waals surface area contributed by atoms with E-state index in [1.54, 1.807) is 11.9 Å². The Morgan fingerprint density at radius 2 is 1.88 bits per heavy atom. The van der Waals surface area contributed by atoms with E-state index in [1.165, 1.54) is 0 Å². The van der Waals surface area contributed by atoms with Crippen molar-refractivity contribution in [2.45, 2.75) is 46.0 Å². The fraction of sp³-hybridized carbons (Fsp3) is 0.833. The highest BCUT2D eigenvalue weighted by atomic mass is 16.4. The van der Waals surface area contributed by atoms with Gasteiger partial charge in [-0.25, -0.2) is 0 Å². The van der Waals surface area contributed by atoms with E-state index in [-0.39, 0.29) is 17.7 Å². The monoisotopic (exact) mass is 243 g/mol. The molecule has 5 heteroatoms. The zero-order valence-electron chi connectivity index (χ0n) is 11.1. The first-order chi connectivity index (χ1) is 8.06. The number of nitrogens with two attached hydrogens (primary N) is 1. The van der Waals surface area contributed by atoms with Crippen LogP contribution < -0.4 is 5.73 Å². The van der Waals surface area contributed by atoms with E-state index < -0.39 is 0 Å². The molecule has 0 fully saturated rings. The standard InChI is InChI=1S/C12H25N3O2/c1-4-6-10(7-5-2)12(16)15(3)9-8-11(13)14-17/h10,17H,4-9H2,1-3H3,(H2,13,14). The molecular weight excluding hydrogens is 218 g/mol. The minimum atomic E-state index is 0.113. The lowest BCUT2D eigenvalue weighted by molar-refractivity contribution is -0.134. The minimum absolute atomic E-state index is 0.113. The van der Waals surface area contributed by atoms with Crippen LogP contribution in [0.4, 0.5) is 0 Å². The second-order valence-corrected chi connectivity index (χ2v) is 4.38. The highest BCUT2D eigenvalue weighted by Crippen LogP contribution is 2.16. The molecule has 1 amide bonds. The molecule has 0 atom stereocenters. The van der Waals surface area contributed by atoms with E-state index in [4.69, 9.17) is 10.9 Å². The van der Waals surface area contributed by atoms with Gasteiger partial charge in [-0.2, -0.15) is 0 Å². The zero-order valence-corrected chi connectivity index (χ0v) is 11.1. The molecule has 0 aliphatic rings. The third-order valence-electron chi connectivity index (χ3n) is 2.83. The van der Waals surface area contributed by atoms with Gasteiger partial charge in [-0.3, -0.25) is 4.79 Å². The fourth-order valence-electron chi connectivity index (χ4n) is 1.84. The number of rotatable bonds is 8. The highest BCUT2D eigenvalue weighted by Gasteiger charge is 2.20. The van der Waals surface area contributed by atoms with Gasteiger partial charge in [-0.15, -0.1) is 0 Å².